The van der Waals surface area contributed by atoms with E-state index in [4.69, 9.17) is 4.74 Å². The van der Waals surface area contributed by atoms with Crippen LogP contribution in [0.2, 0.25) is 0 Å². The molecule has 17 heavy (non-hydrogen) atoms. The van der Waals surface area contributed by atoms with Crippen LogP contribution in [0.25, 0.3) is 0 Å². The van der Waals surface area contributed by atoms with E-state index in [0.29, 0.717) is 6.54 Å². The highest BCUT2D eigenvalue weighted by molar-refractivity contribution is 9.18. The Morgan fingerprint density at radius 3 is 2.59 bits per heavy atom. The van der Waals surface area contributed by atoms with Crippen LogP contribution in [0.3, 0.4) is 0 Å². The zero-order valence-corrected chi connectivity index (χ0v) is 12.3. The maximum Gasteiger partial charge on any atom is 0.289 e. The van der Waals surface area contributed by atoms with Gasteiger partial charge in [-0.25, -0.2) is 0 Å². The van der Waals surface area contributed by atoms with E-state index in [1.54, 1.807) is 19.1 Å². The average Bonchev–Trinajstić information content (AvgIpc) is 2.24. The monoisotopic (exact) mass is 299 g/mol. The van der Waals surface area contributed by atoms with Gasteiger partial charge in [0.1, 0.15) is 5.75 Å². The summed E-state index contributed by atoms with van der Waals surface area (Å²) in [6, 6.07) is 4.21. The average molecular weight is 300 g/mol. The Kier molecular flexibility index (Phi) is 5.00. The summed E-state index contributed by atoms with van der Waals surface area (Å²) in [5.74, 6) is 0.922. The standard InChI is InChI=1S/C13H18BrNO2/c1-9-7-10(2)12(17-4)11(8-9)5-6-15(3)13(14)16/h7-8H,5-6H2,1-4H3. The molecular formula is C13H18BrNO2. The number of methoxy groups -OCH3 is 1. The molecule has 1 aromatic rings. The van der Waals surface area contributed by atoms with E-state index in [-0.39, 0.29) is 4.82 Å². The lowest BCUT2D eigenvalue weighted by Crippen LogP contribution is -2.23. The maximum absolute atomic E-state index is 11.1. The molecule has 0 aliphatic rings. The smallest absolute Gasteiger partial charge is 0.289 e. The number of carbonyl (C=O) groups is 1. The molecule has 94 valence electrons. The fourth-order valence-corrected chi connectivity index (χ4v) is 2.07. The van der Waals surface area contributed by atoms with Crippen molar-refractivity contribution >= 4 is 20.7 Å². The van der Waals surface area contributed by atoms with Crippen LogP contribution in [0.4, 0.5) is 4.79 Å². The summed E-state index contributed by atoms with van der Waals surface area (Å²) < 4.78 is 5.41. The second kappa shape index (κ2) is 6.05. The second-order valence-electron chi connectivity index (χ2n) is 4.20. The lowest BCUT2D eigenvalue weighted by molar-refractivity contribution is 0.235. The minimum absolute atomic E-state index is 0.0964. The third kappa shape index (κ3) is 3.73. The minimum Gasteiger partial charge on any atom is -0.496 e. The Morgan fingerprint density at radius 2 is 2.06 bits per heavy atom. The first kappa shape index (κ1) is 14.0. The minimum atomic E-state index is -0.0964. The number of benzene rings is 1. The van der Waals surface area contributed by atoms with E-state index >= 15 is 0 Å². The van der Waals surface area contributed by atoms with Gasteiger partial charge < -0.3 is 9.64 Å². The predicted octanol–water partition coefficient (Wildman–Crippen LogP) is 3.30. The molecule has 0 spiro atoms. The summed E-state index contributed by atoms with van der Waals surface area (Å²) in [6.07, 6.45) is 0.791. The number of rotatable bonds is 4. The van der Waals surface area contributed by atoms with Gasteiger partial charge in [0.05, 0.1) is 7.11 Å². The number of halogens is 1. The maximum atomic E-state index is 11.1. The number of ether oxygens (including phenoxy) is 1. The molecule has 0 aliphatic heterocycles. The summed E-state index contributed by atoms with van der Waals surface area (Å²) in [7, 11) is 3.45. The molecule has 3 nitrogen and oxygen atoms in total. The van der Waals surface area contributed by atoms with Gasteiger partial charge in [0.25, 0.3) is 4.82 Å². The Hall–Kier alpha value is -1.03. The van der Waals surface area contributed by atoms with Gasteiger partial charge in [-0.1, -0.05) is 17.7 Å². The second-order valence-corrected chi connectivity index (χ2v) is 4.88. The molecule has 0 saturated carbocycles. The summed E-state index contributed by atoms with van der Waals surface area (Å²) >= 11 is 2.93. The molecule has 0 atom stereocenters. The van der Waals surface area contributed by atoms with Crippen molar-refractivity contribution in [3.63, 3.8) is 0 Å². The quantitative estimate of drug-likeness (QED) is 0.631. The van der Waals surface area contributed by atoms with Crippen LogP contribution in [0.5, 0.6) is 5.75 Å². The number of nitrogens with zero attached hydrogens (tertiary/aromatic N) is 1. The molecule has 0 saturated heterocycles. The first-order valence-corrected chi connectivity index (χ1v) is 6.29. The number of aryl methyl sites for hydroxylation is 2. The van der Waals surface area contributed by atoms with Crippen molar-refractivity contribution in [1.82, 2.24) is 4.90 Å². The SMILES string of the molecule is COc1c(C)cc(C)cc1CCN(C)C(=O)Br. The molecule has 1 amide bonds. The van der Waals surface area contributed by atoms with Gasteiger partial charge in [-0.15, -0.1) is 0 Å². The molecule has 0 radical (unpaired) electrons. The topological polar surface area (TPSA) is 29.5 Å². The van der Waals surface area contributed by atoms with Crippen LogP contribution in [-0.2, 0) is 6.42 Å². The van der Waals surface area contributed by atoms with Crippen molar-refractivity contribution in [2.45, 2.75) is 20.3 Å². The zero-order chi connectivity index (χ0) is 13.0. The fourth-order valence-electron chi connectivity index (χ4n) is 1.90. The normalized spacial score (nSPS) is 10.2. The van der Waals surface area contributed by atoms with Gasteiger partial charge in [0.2, 0.25) is 0 Å². The van der Waals surface area contributed by atoms with Crippen molar-refractivity contribution in [2.24, 2.45) is 0 Å². The summed E-state index contributed by atoms with van der Waals surface area (Å²) in [4.78, 5) is 12.6. The molecule has 0 unspecified atom stereocenters. The van der Waals surface area contributed by atoms with Gasteiger partial charge in [-0.3, -0.25) is 4.79 Å². The zero-order valence-electron chi connectivity index (χ0n) is 10.7. The van der Waals surface area contributed by atoms with Crippen LogP contribution in [-0.4, -0.2) is 30.4 Å². The van der Waals surface area contributed by atoms with Crippen molar-refractivity contribution in [2.75, 3.05) is 20.7 Å². The number of hydrogen-bond donors (Lipinski definition) is 0. The number of carbonyl (C=O) groups excluding carboxylic acids is 1. The van der Waals surface area contributed by atoms with Crippen molar-refractivity contribution in [3.05, 3.63) is 28.8 Å². The molecule has 0 bridgehead atoms. The van der Waals surface area contributed by atoms with E-state index in [9.17, 15) is 4.79 Å². The number of hydrogen-bond acceptors (Lipinski definition) is 2. The molecule has 4 heteroatoms. The highest BCUT2D eigenvalue weighted by Gasteiger charge is 2.10. The highest BCUT2D eigenvalue weighted by Crippen LogP contribution is 2.25. The molecule has 0 aliphatic carbocycles. The van der Waals surface area contributed by atoms with Gasteiger partial charge in [0.15, 0.2) is 0 Å². The molecule has 0 N–H and O–H groups in total. The Bertz CT molecular complexity index is 418. The third-order valence-corrected chi connectivity index (χ3v) is 3.32. The van der Waals surface area contributed by atoms with Gasteiger partial charge in [0, 0.05) is 29.5 Å². The van der Waals surface area contributed by atoms with E-state index in [0.717, 1.165) is 23.3 Å². The van der Waals surface area contributed by atoms with E-state index in [1.165, 1.54) is 5.56 Å². The predicted molar refractivity (Wildman–Crippen MR) is 73.1 cm³/mol. The molecular weight excluding hydrogens is 282 g/mol. The van der Waals surface area contributed by atoms with Crippen LogP contribution in [0, 0.1) is 13.8 Å². The largest absolute Gasteiger partial charge is 0.496 e. The van der Waals surface area contributed by atoms with Gasteiger partial charge >= 0.3 is 0 Å². The molecule has 0 aromatic heterocycles. The lowest BCUT2D eigenvalue weighted by Gasteiger charge is -2.16. The van der Waals surface area contributed by atoms with Crippen molar-refractivity contribution < 1.29 is 9.53 Å². The molecule has 0 heterocycles. The fraction of sp³-hybridized carbons (Fsp3) is 0.462. The van der Waals surface area contributed by atoms with Crippen LogP contribution in [0.1, 0.15) is 16.7 Å². The van der Waals surface area contributed by atoms with Crippen LogP contribution in [0.15, 0.2) is 12.1 Å². The lowest BCUT2D eigenvalue weighted by atomic mass is 10.0. The van der Waals surface area contributed by atoms with Crippen LogP contribution >= 0.6 is 15.9 Å². The van der Waals surface area contributed by atoms with E-state index in [2.05, 4.69) is 35.0 Å². The Morgan fingerprint density at radius 1 is 1.41 bits per heavy atom. The third-order valence-electron chi connectivity index (χ3n) is 2.72. The van der Waals surface area contributed by atoms with Crippen molar-refractivity contribution in [3.8, 4) is 5.75 Å². The summed E-state index contributed by atoms with van der Waals surface area (Å²) in [5.41, 5.74) is 3.49. The van der Waals surface area contributed by atoms with Gasteiger partial charge in [-0.2, -0.15) is 0 Å². The van der Waals surface area contributed by atoms with Crippen LogP contribution < -0.4 is 4.74 Å². The van der Waals surface area contributed by atoms with Gasteiger partial charge in [-0.05, 0) is 31.4 Å². The number of amides is 1. The number of likely N-dealkylation sites (N-methyl/N-ethyl adjacent to an activating group) is 1. The Balaban J connectivity index is 2.86. The molecule has 1 aromatic carbocycles. The molecule has 1 rings (SSSR count). The van der Waals surface area contributed by atoms with Crippen molar-refractivity contribution in [1.29, 1.82) is 0 Å². The highest BCUT2D eigenvalue weighted by atomic mass is 79.9. The molecule has 0 fully saturated rings. The Labute approximate surface area is 111 Å². The van der Waals surface area contributed by atoms with E-state index in [1.807, 2.05) is 6.92 Å². The van der Waals surface area contributed by atoms with E-state index < -0.39 is 0 Å². The summed E-state index contributed by atoms with van der Waals surface area (Å²) in [5, 5.41) is 0. The first-order chi connectivity index (χ1) is 7.95. The summed E-state index contributed by atoms with van der Waals surface area (Å²) in [6.45, 7) is 4.77. The first-order valence-electron chi connectivity index (χ1n) is 5.50.